The highest BCUT2D eigenvalue weighted by Gasteiger charge is 2.26. The first-order valence-corrected chi connectivity index (χ1v) is 12.5. The van der Waals surface area contributed by atoms with Crippen molar-refractivity contribution < 1.29 is 22.7 Å². The molecule has 2 N–H and O–H groups in total. The number of nitrogens with one attached hydrogen (secondary N) is 2. The number of carbonyl (C=O) groups excluding carboxylic acids is 1. The molecule has 9 heteroatoms. The zero-order valence-corrected chi connectivity index (χ0v) is 20.6. The van der Waals surface area contributed by atoms with Gasteiger partial charge < -0.3 is 19.7 Å². The molecule has 0 spiro atoms. The zero-order chi connectivity index (χ0) is 24.2. The van der Waals surface area contributed by atoms with E-state index in [2.05, 4.69) is 17.0 Å². The lowest BCUT2D eigenvalue weighted by Crippen LogP contribution is -2.44. The number of likely N-dealkylation sites (N-methyl/N-ethyl adjacent to an activating group) is 1. The fourth-order valence-corrected chi connectivity index (χ4v) is 5.08. The van der Waals surface area contributed by atoms with E-state index in [4.69, 9.17) is 9.47 Å². The van der Waals surface area contributed by atoms with Gasteiger partial charge in [0.15, 0.2) is 0 Å². The van der Waals surface area contributed by atoms with E-state index in [9.17, 15) is 13.2 Å². The summed E-state index contributed by atoms with van der Waals surface area (Å²) in [5.74, 6) is 0.312. The Morgan fingerprint density at radius 2 is 1.91 bits per heavy atom. The number of rotatable bonds is 4. The SMILES string of the molecule is CO[C@@H]1CN(C)C(=O)c2ccc(NS(=O)(=O)c3ccccc3C)cc2OC[C@@H](C)NC[C@H]1C. The predicted octanol–water partition coefficient (Wildman–Crippen LogP) is 2.89. The molecule has 0 unspecified atom stereocenters. The number of amides is 1. The highest BCUT2D eigenvalue weighted by Crippen LogP contribution is 2.28. The number of sulfonamides is 1. The number of anilines is 1. The molecule has 0 aliphatic carbocycles. The monoisotopic (exact) mass is 475 g/mol. The summed E-state index contributed by atoms with van der Waals surface area (Å²) in [5, 5.41) is 3.43. The minimum absolute atomic E-state index is 0.0254. The van der Waals surface area contributed by atoms with Gasteiger partial charge >= 0.3 is 0 Å². The average molecular weight is 476 g/mol. The number of benzene rings is 2. The maximum atomic E-state index is 13.2. The summed E-state index contributed by atoms with van der Waals surface area (Å²) in [6, 6.07) is 11.5. The standard InChI is InChI=1S/C24H33N3O5S/c1-16-8-6-7-9-23(16)33(29,30)26-19-10-11-20-21(12-19)32-15-18(3)25-13-17(2)22(31-5)14-27(4)24(20)28/h6-12,17-18,22,25-26H,13-15H2,1-5H3/t17-,18-,22-/m1/s1. The van der Waals surface area contributed by atoms with Crippen LogP contribution in [0.15, 0.2) is 47.4 Å². The van der Waals surface area contributed by atoms with E-state index in [1.807, 2.05) is 6.92 Å². The Morgan fingerprint density at radius 3 is 2.61 bits per heavy atom. The van der Waals surface area contributed by atoms with Crippen molar-refractivity contribution in [1.29, 1.82) is 0 Å². The van der Waals surface area contributed by atoms with Crippen LogP contribution in [0.2, 0.25) is 0 Å². The van der Waals surface area contributed by atoms with E-state index in [0.717, 1.165) is 0 Å². The molecular weight excluding hydrogens is 442 g/mol. The van der Waals surface area contributed by atoms with Crippen molar-refractivity contribution in [3.8, 4) is 5.75 Å². The highest BCUT2D eigenvalue weighted by atomic mass is 32.2. The molecule has 1 amide bonds. The van der Waals surface area contributed by atoms with Crippen molar-refractivity contribution in [2.75, 3.05) is 38.6 Å². The first-order valence-electron chi connectivity index (χ1n) is 11.0. The Morgan fingerprint density at radius 1 is 1.18 bits per heavy atom. The van der Waals surface area contributed by atoms with Crippen LogP contribution in [0.1, 0.15) is 29.8 Å². The minimum atomic E-state index is -3.79. The maximum absolute atomic E-state index is 13.2. The molecule has 3 rings (SSSR count). The number of hydrogen-bond donors (Lipinski definition) is 2. The van der Waals surface area contributed by atoms with Crippen LogP contribution in [-0.2, 0) is 14.8 Å². The van der Waals surface area contributed by atoms with E-state index >= 15 is 0 Å². The molecule has 33 heavy (non-hydrogen) atoms. The molecule has 0 bridgehead atoms. The van der Waals surface area contributed by atoms with Gasteiger partial charge in [0.25, 0.3) is 15.9 Å². The van der Waals surface area contributed by atoms with Crippen LogP contribution in [0, 0.1) is 12.8 Å². The van der Waals surface area contributed by atoms with Gasteiger partial charge in [0.2, 0.25) is 0 Å². The predicted molar refractivity (Wildman–Crippen MR) is 128 cm³/mol. The second-order valence-electron chi connectivity index (χ2n) is 8.64. The van der Waals surface area contributed by atoms with Gasteiger partial charge in [-0.2, -0.15) is 0 Å². The number of fused-ring (bicyclic) bond motifs is 1. The summed E-state index contributed by atoms with van der Waals surface area (Å²) < 4.78 is 40.1. The van der Waals surface area contributed by atoms with Crippen LogP contribution in [0.3, 0.4) is 0 Å². The third-order valence-corrected chi connectivity index (χ3v) is 7.40. The largest absolute Gasteiger partial charge is 0.491 e. The molecule has 8 nitrogen and oxygen atoms in total. The summed E-state index contributed by atoms with van der Waals surface area (Å²) in [5.41, 5.74) is 1.33. The molecule has 180 valence electrons. The fraction of sp³-hybridized carbons (Fsp3) is 0.458. The molecule has 2 aromatic carbocycles. The minimum Gasteiger partial charge on any atom is -0.491 e. The summed E-state index contributed by atoms with van der Waals surface area (Å²) in [4.78, 5) is 15.0. The number of aryl methyl sites for hydroxylation is 1. The molecule has 0 fully saturated rings. The lowest BCUT2D eigenvalue weighted by atomic mass is 10.0. The number of nitrogens with zero attached hydrogens (tertiary/aromatic N) is 1. The summed E-state index contributed by atoms with van der Waals surface area (Å²) in [6.07, 6.45) is -0.123. The lowest BCUT2D eigenvalue weighted by Gasteiger charge is -2.30. The van der Waals surface area contributed by atoms with E-state index in [0.29, 0.717) is 42.3 Å². The molecule has 0 saturated carbocycles. The molecule has 3 atom stereocenters. The van der Waals surface area contributed by atoms with Gasteiger partial charge in [-0.25, -0.2) is 8.42 Å². The highest BCUT2D eigenvalue weighted by molar-refractivity contribution is 7.92. The van der Waals surface area contributed by atoms with Crippen molar-refractivity contribution in [2.24, 2.45) is 5.92 Å². The first-order chi connectivity index (χ1) is 15.6. The number of carbonyl (C=O) groups is 1. The van der Waals surface area contributed by atoms with Gasteiger partial charge in [-0.1, -0.05) is 25.1 Å². The average Bonchev–Trinajstić information content (AvgIpc) is 2.78. The first kappa shape index (κ1) is 25.0. The smallest absolute Gasteiger partial charge is 0.262 e. The third-order valence-electron chi connectivity index (χ3n) is 5.86. The molecule has 2 aromatic rings. The van der Waals surface area contributed by atoms with Crippen LogP contribution >= 0.6 is 0 Å². The van der Waals surface area contributed by atoms with Gasteiger partial charge in [-0.15, -0.1) is 0 Å². The van der Waals surface area contributed by atoms with Gasteiger partial charge in [-0.3, -0.25) is 9.52 Å². The van der Waals surface area contributed by atoms with E-state index in [1.54, 1.807) is 68.4 Å². The molecule has 0 saturated heterocycles. The van der Waals surface area contributed by atoms with E-state index in [1.165, 1.54) is 0 Å². The van der Waals surface area contributed by atoms with Crippen LogP contribution in [0.25, 0.3) is 0 Å². The lowest BCUT2D eigenvalue weighted by molar-refractivity contribution is 0.0281. The Labute approximate surface area is 196 Å². The summed E-state index contributed by atoms with van der Waals surface area (Å²) in [7, 11) is -0.417. The van der Waals surface area contributed by atoms with Gasteiger partial charge in [0.1, 0.15) is 12.4 Å². The topological polar surface area (TPSA) is 97.0 Å². The van der Waals surface area contributed by atoms with Crippen LogP contribution < -0.4 is 14.8 Å². The third kappa shape index (κ3) is 6.04. The van der Waals surface area contributed by atoms with Gasteiger partial charge in [0, 0.05) is 39.4 Å². The molecule has 0 aromatic heterocycles. The van der Waals surface area contributed by atoms with Gasteiger partial charge in [-0.05, 0) is 43.5 Å². The number of methoxy groups -OCH3 is 1. The van der Waals surface area contributed by atoms with Crippen molar-refractivity contribution in [3.63, 3.8) is 0 Å². The molecule has 1 aliphatic rings. The zero-order valence-electron chi connectivity index (χ0n) is 19.8. The van der Waals surface area contributed by atoms with Crippen molar-refractivity contribution in [2.45, 2.75) is 37.8 Å². The maximum Gasteiger partial charge on any atom is 0.262 e. The van der Waals surface area contributed by atoms with Crippen molar-refractivity contribution >= 4 is 21.6 Å². The second kappa shape index (κ2) is 10.5. The van der Waals surface area contributed by atoms with Crippen molar-refractivity contribution in [1.82, 2.24) is 10.2 Å². The van der Waals surface area contributed by atoms with Crippen molar-refractivity contribution in [3.05, 3.63) is 53.6 Å². The second-order valence-corrected chi connectivity index (χ2v) is 10.3. The number of ether oxygens (including phenoxy) is 2. The van der Waals surface area contributed by atoms with Crippen LogP contribution in [0.5, 0.6) is 5.75 Å². The Bertz CT molecular complexity index is 1090. The van der Waals surface area contributed by atoms with Crippen LogP contribution in [-0.4, -0.2) is 65.2 Å². The Kier molecular flexibility index (Phi) is 7.99. The summed E-state index contributed by atoms with van der Waals surface area (Å²) >= 11 is 0. The van der Waals surface area contributed by atoms with Crippen LogP contribution in [0.4, 0.5) is 5.69 Å². The van der Waals surface area contributed by atoms with E-state index in [-0.39, 0.29) is 28.9 Å². The molecule has 0 radical (unpaired) electrons. The summed E-state index contributed by atoms with van der Waals surface area (Å²) in [6.45, 7) is 7.29. The Balaban J connectivity index is 1.93. The molecular formula is C24H33N3O5S. The normalized spacial score (nSPS) is 22.5. The molecule has 1 aliphatic heterocycles. The fourth-order valence-electron chi connectivity index (χ4n) is 3.79. The van der Waals surface area contributed by atoms with Gasteiger partial charge in [0.05, 0.1) is 22.3 Å². The Hall–Kier alpha value is -2.62. The number of hydrogen-bond acceptors (Lipinski definition) is 6. The van der Waals surface area contributed by atoms with E-state index < -0.39 is 10.0 Å². The quantitative estimate of drug-likeness (QED) is 0.706. The molecule has 1 heterocycles.